The average Bonchev–Trinajstić information content (AvgIpc) is 3.46. The van der Waals surface area contributed by atoms with Crippen molar-refractivity contribution in [2.45, 2.75) is 30.3 Å². The second-order valence-corrected chi connectivity index (χ2v) is 9.12. The maximum atomic E-state index is 12.8. The summed E-state index contributed by atoms with van der Waals surface area (Å²) >= 11 is 0. The number of ether oxygens (including phenoxy) is 1. The second kappa shape index (κ2) is 8.52. The molecule has 0 bridgehead atoms. The van der Waals surface area contributed by atoms with Crippen molar-refractivity contribution in [2.75, 3.05) is 19.0 Å². The Labute approximate surface area is 182 Å². The number of alkyl halides is 3. The zero-order chi connectivity index (χ0) is 22.9. The van der Waals surface area contributed by atoms with E-state index in [0.717, 1.165) is 12.1 Å². The first kappa shape index (κ1) is 22.2. The van der Waals surface area contributed by atoms with E-state index in [2.05, 4.69) is 20.0 Å². The molecule has 1 unspecified atom stereocenters. The molecule has 32 heavy (non-hydrogen) atoms. The Balaban J connectivity index is 1.61. The summed E-state index contributed by atoms with van der Waals surface area (Å²) in [4.78, 5) is 8.56. The topological polar surface area (TPSA) is 101 Å². The number of epoxide rings is 1. The van der Waals surface area contributed by atoms with Crippen molar-refractivity contribution in [3.63, 3.8) is 0 Å². The first-order valence-corrected chi connectivity index (χ1v) is 11.1. The van der Waals surface area contributed by atoms with Gasteiger partial charge in [0.25, 0.3) is 0 Å². The van der Waals surface area contributed by atoms with Gasteiger partial charge in [0.15, 0.2) is 0 Å². The Morgan fingerprint density at radius 3 is 2.56 bits per heavy atom. The van der Waals surface area contributed by atoms with E-state index in [1.807, 2.05) is 4.57 Å². The van der Waals surface area contributed by atoms with Crippen LogP contribution < -0.4 is 10.0 Å². The fourth-order valence-corrected chi connectivity index (χ4v) is 3.75. The highest BCUT2D eigenvalue weighted by Gasteiger charge is 2.30. The van der Waals surface area contributed by atoms with E-state index in [1.54, 1.807) is 12.5 Å². The number of nitrogens with one attached hydrogen (secondary N) is 2. The van der Waals surface area contributed by atoms with E-state index in [0.29, 0.717) is 35.8 Å². The van der Waals surface area contributed by atoms with Gasteiger partial charge in [-0.3, -0.25) is 0 Å². The average molecular weight is 467 g/mol. The molecule has 2 N–H and O–H groups in total. The highest BCUT2D eigenvalue weighted by molar-refractivity contribution is 7.89. The van der Waals surface area contributed by atoms with E-state index >= 15 is 0 Å². The number of imidazole rings is 1. The number of anilines is 1. The molecule has 1 fully saturated rings. The second-order valence-electron chi connectivity index (χ2n) is 7.23. The molecule has 0 aliphatic carbocycles. The summed E-state index contributed by atoms with van der Waals surface area (Å²) in [5.41, 5.74) is 0.825. The van der Waals surface area contributed by atoms with Gasteiger partial charge in [-0.1, -0.05) is 12.1 Å². The van der Waals surface area contributed by atoms with Crippen molar-refractivity contribution < 1.29 is 26.3 Å². The Morgan fingerprint density at radius 2 is 1.94 bits per heavy atom. The van der Waals surface area contributed by atoms with E-state index in [9.17, 15) is 21.6 Å². The SMILES string of the molecule is CNS(=O)(=O)c1cnc(NCc2ccc(C(F)(F)F)cc2)c(-c2cn(CC3CO3)cn2)c1. The number of rotatable bonds is 8. The number of nitrogens with zero attached hydrogens (tertiary/aromatic N) is 3. The van der Waals surface area contributed by atoms with Crippen LogP contribution in [0.4, 0.5) is 19.0 Å². The lowest BCUT2D eigenvalue weighted by molar-refractivity contribution is -0.137. The molecule has 170 valence electrons. The minimum absolute atomic E-state index is 0.0323. The third-order valence-corrected chi connectivity index (χ3v) is 6.29. The Kier molecular flexibility index (Phi) is 5.93. The Bertz CT molecular complexity index is 1210. The van der Waals surface area contributed by atoms with Crippen LogP contribution in [0, 0.1) is 0 Å². The molecule has 1 aromatic carbocycles. The predicted molar refractivity (Wildman–Crippen MR) is 110 cm³/mol. The van der Waals surface area contributed by atoms with Gasteiger partial charge in [0.05, 0.1) is 36.8 Å². The lowest BCUT2D eigenvalue weighted by Gasteiger charge is -2.13. The molecule has 12 heteroatoms. The molecule has 1 aliphatic heterocycles. The summed E-state index contributed by atoms with van der Waals surface area (Å²) in [5.74, 6) is 0.355. The standard InChI is InChI=1S/C20H20F3N5O3S/c1-24-32(29,30)16-6-17(18-10-28(12-27-18)9-15-11-31-15)19(26-8-16)25-7-13-2-4-14(5-3-13)20(21,22)23/h2-6,8,10,12,15,24H,7,9,11H2,1H3,(H,25,26). The van der Waals surface area contributed by atoms with Crippen LogP contribution in [0.2, 0.25) is 0 Å². The Hall–Kier alpha value is -2.96. The molecule has 2 aromatic heterocycles. The van der Waals surface area contributed by atoms with Crippen LogP contribution in [0.15, 0.2) is 53.9 Å². The van der Waals surface area contributed by atoms with Gasteiger partial charge in [-0.05, 0) is 30.8 Å². The van der Waals surface area contributed by atoms with Crippen LogP contribution in [0.3, 0.4) is 0 Å². The first-order chi connectivity index (χ1) is 15.2. The molecule has 0 saturated carbocycles. The van der Waals surface area contributed by atoms with Gasteiger partial charge in [0.2, 0.25) is 10.0 Å². The molecule has 3 heterocycles. The number of benzene rings is 1. The summed E-state index contributed by atoms with van der Waals surface area (Å²) in [7, 11) is -2.43. The van der Waals surface area contributed by atoms with Crippen LogP contribution in [-0.4, -0.2) is 42.7 Å². The first-order valence-electron chi connectivity index (χ1n) is 9.63. The normalized spacial score (nSPS) is 16.2. The smallest absolute Gasteiger partial charge is 0.371 e. The molecule has 0 amide bonds. The van der Waals surface area contributed by atoms with Gasteiger partial charge in [-0.25, -0.2) is 23.1 Å². The molecule has 4 rings (SSSR count). The molecule has 1 aliphatic rings. The summed E-state index contributed by atoms with van der Waals surface area (Å²) < 4.78 is 72.1. The van der Waals surface area contributed by atoms with Crippen molar-refractivity contribution >= 4 is 15.8 Å². The van der Waals surface area contributed by atoms with Gasteiger partial charge in [0, 0.05) is 24.5 Å². The fourth-order valence-electron chi connectivity index (χ4n) is 3.05. The summed E-state index contributed by atoms with van der Waals surface area (Å²) in [6.07, 6.45) is 0.329. The van der Waals surface area contributed by atoms with Crippen LogP contribution in [0.5, 0.6) is 0 Å². The van der Waals surface area contributed by atoms with Crippen LogP contribution in [0.1, 0.15) is 11.1 Å². The van der Waals surface area contributed by atoms with Gasteiger partial charge >= 0.3 is 6.18 Å². The minimum atomic E-state index is -4.40. The molecule has 8 nitrogen and oxygen atoms in total. The van der Waals surface area contributed by atoms with Crippen molar-refractivity contribution in [1.82, 2.24) is 19.3 Å². The molecule has 3 aromatic rings. The number of aromatic nitrogens is 3. The van der Waals surface area contributed by atoms with E-state index in [1.165, 1.54) is 31.4 Å². The van der Waals surface area contributed by atoms with E-state index in [-0.39, 0.29) is 17.5 Å². The molecule has 0 spiro atoms. The zero-order valence-corrected chi connectivity index (χ0v) is 17.7. The van der Waals surface area contributed by atoms with Crippen molar-refractivity contribution in [1.29, 1.82) is 0 Å². The maximum absolute atomic E-state index is 12.8. The number of hydrogen-bond acceptors (Lipinski definition) is 6. The summed E-state index contributed by atoms with van der Waals surface area (Å²) in [6.45, 7) is 1.50. The quantitative estimate of drug-likeness (QED) is 0.494. The number of halogens is 3. The maximum Gasteiger partial charge on any atom is 0.416 e. The van der Waals surface area contributed by atoms with Gasteiger partial charge < -0.3 is 14.6 Å². The van der Waals surface area contributed by atoms with Crippen molar-refractivity contribution in [3.05, 3.63) is 60.2 Å². The third-order valence-electron chi connectivity index (χ3n) is 4.91. The zero-order valence-electron chi connectivity index (χ0n) is 16.9. The van der Waals surface area contributed by atoms with Crippen LogP contribution >= 0.6 is 0 Å². The van der Waals surface area contributed by atoms with Gasteiger partial charge in [-0.15, -0.1) is 0 Å². The van der Waals surface area contributed by atoms with Crippen LogP contribution in [-0.2, 0) is 34.0 Å². The third kappa shape index (κ3) is 5.09. The highest BCUT2D eigenvalue weighted by atomic mass is 32.2. The van der Waals surface area contributed by atoms with Gasteiger partial charge in [0.1, 0.15) is 10.7 Å². The molecular weight excluding hydrogens is 447 g/mol. The molecule has 0 radical (unpaired) electrons. The number of pyridine rings is 1. The van der Waals surface area contributed by atoms with Crippen LogP contribution in [0.25, 0.3) is 11.3 Å². The fraction of sp³-hybridized carbons (Fsp3) is 0.300. The molecule has 1 saturated heterocycles. The van der Waals surface area contributed by atoms with E-state index < -0.39 is 21.8 Å². The van der Waals surface area contributed by atoms with Crippen molar-refractivity contribution in [2.24, 2.45) is 0 Å². The largest absolute Gasteiger partial charge is 0.416 e. The van der Waals surface area contributed by atoms with E-state index in [4.69, 9.17) is 4.74 Å². The van der Waals surface area contributed by atoms with Gasteiger partial charge in [-0.2, -0.15) is 13.2 Å². The number of hydrogen-bond donors (Lipinski definition) is 2. The Morgan fingerprint density at radius 1 is 1.22 bits per heavy atom. The minimum Gasteiger partial charge on any atom is -0.371 e. The lowest BCUT2D eigenvalue weighted by Crippen LogP contribution is -2.19. The molecular formula is C20H20F3N5O3S. The summed E-state index contributed by atoms with van der Waals surface area (Å²) in [6, 6.07) is 6.22. The lowest BCUT2D eigenvalue weighted by atomic mass is 10.1. The number of sulfonamides is 1. The van der Waals surface area contributed by atoms with Crippen molar-refractivity contribution in [3.8, 4) is 11.3 Å². The summed E-state index contributed by atoms with van der Waals surface area (Å²) in [5, 5.41) is 3.06. The highest BCUT2D eigenvalue weighted by Crippen LogP contribution is 2.30. The monoisotopic (exact) mass is 467 g/mol. The predicted octanol–water partition coefficient (Wildman–Crippen LogP) is 2.88. The molecule has 1 atom stereocenters.